The van der Waals surface area contributed by atoms with Crippen LogP contribution in [0.4, 0.5) is 30.7 Å². The summed E-state index contributed by atoms with van der Waals surface area (Å²) in [7, 11) is 0. The number of aryl methyl sites for hydroxylation is 1. The summed E-state index contributed by atoms with van der Waals surface area (Å²) in [5.74, 6) is -6.85. The van der Waals surface area contributed by atoms with E-state index in [1.54, 1.807) is 0 Å². The van der Waals surface area contributed by atoms with Crippen molar-refractivity contribution in [3.63, 3.8) is 0 Å². The molecule has 20 heavy (non-hydrogen) atoms. The molecule has 2 nitrogen and oxygen atoms in total. The molecule has 0 aromatic heterocycles. The summed E-state index contributed by atoms with van der Waals surface area (Å²) in [6, 6.07) is -1.97. The predicted octanol–water partition coefficient (Wildman–Crippen LogP) is 3.91. The van der Waals surface area contributed by atoms with Gasteiger partial charge in [0.05, 0.1) is 0 Å². The highest BCUT2D eigenvalue weighted by molar-refractivity contribution is 5.84. The van der Waals surface area contributed by atoms with Crippen molar-refractivity contribution in [2.45, 2.75) is 25.1 Å². The molecule has 0 aliphatic rings. The molecule has 0 spiro atoms. The van der Waals surface area contributed by atoms with Gasteiger partial charge in [-0.05, 0) is 18.6 Å². The number of phenolic OH excluding ortho intramolecular Hbond substituents is 1. The molecule has 0 saturated heterocycles. The molecule has 0 bridgehead atoms. The van der Waals surface area contributed by atoms with E-state index in [1.807, 2.05) is 4.99 Å². The Morgan fingerprint density at radius 2 is 1.60 bits per heavy atom. The van der Waals surface area contributed by atoms with Crippen LogP contribution in [-0.4, -0.2) is 29.5 Å². The van der Waals surface area contributed by atoms with Gasteiger partial charge in [-0.25, -0.2) is 4.99 Å². The third kappa shape index (κ3) is 2.86. The molecule has 1 N–H and O–H groups in total. The lowest BCUT2D eigenvalue weighted by molar-refractivity contribution is -0.352. The number of para-hydroxylation sites is 1. The van der Waals surface area contributed by atoms with Crippen molar-refractivity contribution in [2.75, 3.05) is 0 Å². The van der Waals surface area contributed by atoms with Crippen molar-refractivity contribution < 1.29 is 35.8 Å². The fourth-order valence-electron chi connectivity index (χ4n) is 1.19. The number of benzene rings is 1. The molecule has 0 heterocycles. The van der Waals surface area contributed by atoms with E-state index in [0.717, 1.165) is 6.07 Å². The first-order chi connectivity index (χ1) is 8.90. The monoisotopic (exact) mass is 303 g/mol. The highest BCUT2D eigenvalue weighted by Crippen LogP contribution is 2.47. The summed E-state index contributed by atoms with van der Waals surface area (Å²) < 4.78 is 86.3. The van der Waals surface area contributed by atoms with Gasteiger partial charge < -0.3 is 5.11 Å². The molecule has 0 aliphatic carbocycles. The fourth-order valence-corrected chi connectivity index (χ4v) is 1.19. The maximum Gasteiger partial charge on any atom is 0.462 e. The number of alkyl halides is 7. The number of aromatic hydroxyl groups is 1. The van der Waals surface area contributed by atoms with Crippen LogP contribution in [0, 0.1) is 6.92 Å². The Labute approximate surface area is 108 Å². The summed E-state index contributed by atoms with van der Waals surface area (Å²) >= 11 is 0. The maximum atomic E-state index is 12.9. The third-order valence-corrected chi connectivity index (χ3v) is 2.37. The van der Waals surface area contributed by atoms with Gasteiger partial charge in [0, 0.05) is 11.8 Å². The SMILES string of the molecule is Cc1cccc(/C=N/C(F)(F)C(F)(F)C(F)(F)F)c1O. The van der Waals surface area contributed by atoms with E-state index >= 15 is 0 Å². The van der Waals surface area contributed by atoms with E-state index < -0.39 is 29.5 Å². The van der Waals surface area contributed by atoms with Crippen molar-refractivity contribution in [2.24, 2.45) is 4.99 Å². The van der Waals surface area contributed by atoms with E-state index in [2.05, 4.69) is 0 Å². The Morgan fingerprint density at radius 1 is 1.05 bits per heavy atom. The standard InChI is InChI=1S/C11H8F7NO/c1-6-3-2-4-7(8(6)20)5-19-11(17,18)9(12,13)10(14,15)16/h2-5,20H,1H3/b19-5+. The van der Waals surface area contributed by atoms with E-state index in [-0.39, 0.29) is 11.8 Å². The number of phenols is 1. The van der Waals surface area contributed by atoms with Gasteiger partial charge in [0.2, 0.25) is 0 Å². The number of nitrogens with zero attached hydrogens (tertiary/aromatic N) is 1. The van der Waals surface area contributed by atoms with E-state index in [0.29, 0.717) is 0 Å². The van der Waals surface area contributed by atoms with Gasteiger partial charge in [0.15, 0.2) is 0 Å². The molecule has 0 saturated carbocycles. The minimum Gasteiger partial charge on any atom is -0.507 e. The van der Waals surface area contributed by atoms with Gasteiger partial charge in [-0.3, -0.25) is 0 Å². The van der Waals surface area contributed by atoms with Crippen LogP contribution in [0.15, 0.2) is 23.2 Å². The molecule has 0 aliphatic heterocycles. The molecule has 0 fully saturated rings. The van der Waals surface area contributed by atoms with Crippen LogP contribution in [0.2, 0.25) is 0 Å². The number of rotatable bonds is 3. The average molecular weight is 303 g/mol. The number of hydrogen-bond donors (Lipinski definition) is 1. The lowest BCUT2D eigenvalue weighted by Gasteiger charge is -2.24. The van der Waals surface area contributed by atoms with E-state index in [1.165, 1.54) is 19.1 Å². The van der Waals surface area contributed by atoms with Gasteiger partial charge in [0.25, 0.3) is 0 Å². The molecule has 1 aromatic carbocycles. The zero-order valence-corrected chi connectivity index (χ0v) is 9.85. The first kappa shape index (κ1) is 16.3. The second-order valence-electron chi connectivity index (χ2n) is 3.88. The largest absolute Gasteiger partial charge is 0.507 e. The predicted molar refractivity (Wildman–Crippen MR) is 56.4 cm³/mol. The van der Waals surface area contributed by atoms with Gasteiger partial charge in [-0.1, -0.05) is 12.1 Å². The molecule has 0 radical (unpaired) electrons. The van der Waals surface area contributed by atoms with E-state index in [4.69, 9.17) is 0 Å². The van der Waals surface area contributed by atoms with Crippen LogP contribution in [0.25, 0.3) is 0 Å². The summed E-state index contributed by atoms with van der Waals surface area (Å²) in [5, 5.41) is 9.41. The molecule has 1 rings (SSSR count). The quantitative estimate of drug-likeness (QED) is 0.512. The van der Waals surface area contributed by atoms with Crippen LogP contribution in [-0.2, 0) is 0 Å². The van der Waals surface area contributed by atoms with Crippen LogP contribution >= 0.6 is 0 Å². The fraction of sp³-hybridized carbons (Fsp3) is 0.364. The van der Waals surface area contributed by atoms with Gasteiger partial charge in [0.1, 0.15) is 5.75 Å². The third-order valence-electron chi connectivity index (χ3n) is 2.37. The number of halogens is 7. The van der Waals surface area contributed by atoms with Gasteiger partial charge >= 0.3 is 18.1 Å². The molecular formula is C11H8F7NO. The van der Waals surface area contributed by atoms with Crippen molar-refractivity contribution in [3.8, 4) is 5.75 Å². The normalized spacial score (nSPS) is 14.0. The molecular weight excluding hydrogens is 295 g/mol. The van der Waals surface area contributed by atoms with Crippen LogP contribution < -0.4 is 0 Å². The Balaban J connectivity index is 3.14. The Hall–Kier alpha value is -1.80. The Morgan fingerprint density at radius 3 is 2.10 bits per heavy atom. The zero-order chi connectivity index (χ0) is 15.8. The van der Waals surface area contributed by atoms with Crippen molar-refractivity contribution >= 4 is 6.21 Å². The molecule has 0 unspecified atom stereocenters. The lowest BCUT2D eigenvalue weighted by Crippen LogP contribution is -2.50. The van der Waals surface area contributed by atoms with Gasteiger partial charge in [-0.15, -0.1) is 0 Å². The second-order valence-corrected chi connectivity index (χ2v) is 3.88. The molecule has 1 aromatic rings. The van der Waals surface area contributed by atoms with Crippen molar-refractivity contribution in [1.82, 2.24) is 0 Å². The average Bonchev–Trinajstić information content (AvgIpc) is 2.29. The summed E-state index contributed by atoms with van der Waals surface area (Å²) in [4.78, 5) is 1.98. The summed E-state index contributed by atoms with van der Waals surface area (Å²) in [6.45, 7) is 1.38. The summed E-state index contributed by atoms with van der Waals surface area (Å²) in [5.41, 5.74) is -0.178. The second kappa shape index (κ2) is 4.95. The van der Waals surface area contributed by atoms with Crippen LogP contribution in [0.1, 0.15) is 11.1 Å². The molecule has 9 heteroatoms. The summed E-state index contributed by atoms with van der Waals surface area (Å²) in [6.07, 6.45) is -6.37. The minimum atomic E-state index is -6.44. The highest BCUT2D eigenvalue weighted by atomic mass is 19.4. The van der Waals surface area contributed by atoms with E-state index in [9.17, 15) is 35.8 Å². The van der Waals surface area contributed by atoms with Crippen LogP contribution in [0.3, 0.4) is 0 Å². The Bertz CT molecular complexity index is 522. The first-order valence-corrected chi connectivity index (χ1v) is 5.06. The highest BCUT2D eigenvalue weighted by Gasteiger charge is 2.73. The first-order valence-electron chi connectivity index (χ1n) is 5.06. The molecule has 0 amide bonds. The number of aliphatic imine (C=N–C) groups is 1. The smallest absolute Gasteiger partial charge is 0.462 e. The zero-order valence-electron chi connectivity index (χ0n) is 9.85. The van der Waals surface area contributed by atoms with Crippen molar-refractivity contribution in [1.29, 1.82) is 0 Å². The molecule has 0 atom stereocenters. The van der Waals surface area contributed by atoms with Crippen LogP contribution in [0.5, 0.6) is 5.75 Å². The minimum absolute atomic E-state index is 0.0714. The lowest BCUT2D eigenvalue weighted by atomic mass is 10.1. The maximum absolute atomic E-state index is 12.9. The van der Waals surface area contributed by atoms with Crippen molar-refractivity contribution in [3.05, 3.63) is 29.3 Å². The molecule has 112 valence electrons. The Kier molecular flexibility index (Phi) is 4.02. The van der Waals surface area contributed by atoms with Gasteiger partial charge in [-0.2, -0.15) is 30.7 Å². The number of hydrogen-bond acceptors (Lipinski definition) is 2. The topological polar surface area (TPSA) is 32.6 Å².